The molecule has 0 bridgehead atoms. The molecule has 2 heterocycles. The molecule has 2 aliphatic rings. The first kappa shape index (κ1) is 16.6. The Balaban J connectivity index is 1.71. The molecule has 2 atom stereocenters. The predicted octanol–water partition coefficient (Wildman–Crippen LogP) is 4.83. The van der Waals surface area contributed by atoms with Gasteiger partial charge >= 0.3 is 0 Å². The molecule has 134 valence electrons. The molecule has 0 aromatic heterocycles. The van der Waals surface area contributed by atoms with E-state index in [-0.39, 0.29) is 18.0 Å². The maximum absolute atomic E-state index is 10.9. The van der Waals surface area contributed by atoms with Crippen LogP contribution in [0.25, 0.3) is 0 Å². The lowest BCUT2D eigenvalue weighted by molar-refractivity contribution is -0.384. The van der Waals surface area contributed by atoms with Crippen LogP contribution in [0.1, 0.15) is 50.1 Å². The number of hydrogen-bond acceptors (Lipinski definition) is 5. The summed E-state index contributed by atoms with van der Waals surface area (Å²) in [5.74, 6) is 1.40. The van der Waals surface area contributed by atoms with Crippen LogP contribution in [0.15, 0.2) is 53.6 Å². The van der Waals surface area contributed by atoms with Gasteiger partial charge < -0.3 is 4.74 Å². The van der Waals surface area contributed by atoms with E-state index in [1.54, 1.807) is 12.1 Å². The van der Waals surface area contributed by atoms with Gasteiger partial charge in [-0.2, -0.15) is 5.10 Å². The number of hydrogen-bond donors (Lipinski definition) is 0. The molecule has 2 aliphatic heterocycles. The molecule has 0 aliphatic carbocycles. The van der Waals surface area contributed by atoms with Gasteiger partial charge in [-0.1, -0.05) is 32.0 Å². The first-order valence-corrected chi connectivity index (χ1v) is 8.87. The van der Waals surface area contributed by atoms with E-state index < -0.39 is 4.92 Å². The van der Waals surface area contributed by atoms with Gasteiger partial charge in [0.1, 0.15) is 5.75 Å². The Morgan fingerprint density at radius 3 is 2.65 bits per heavy atom. The normalized spacial score (nSPS) is 21.0. The molecule has 0 amide bonds. The Kier molecular flexibility index (Phi) is 4.11. The maximum Gasteiger partial charge on any atom is 0.269 e. The van der Waals surface area contributed by atoms with E-state index in [0.29, 0.717) is 5.92 Å². The molecule has 6 heteroatoms. The number of benzene rings is 2. The first-order valence-electron chi connectivity index (χ1n) is 8.87. The number of nitro groups is 1. The smallest absolute Gasteiger partial charge is 0.269 e. The fraction of sp³-hybridized carbons (Fsp3) is 0.350. The van der Waals surface area contributed by atoms with Crippen LogP contribution in [-0.2, 0) is 0 Å². The zero-order valence-electron chi connectivity index (χ0n) is 14.8. The largest absolute Gasteiger partial charge is 0.464 e. The molecule has 0 saturated heterocycles. The fourth-order valence-corrected chi connectivity index (χ4v) is 3.67. The Labute approximate surface area is 152 Å². The topological polar surface area (TPSA) is 68.0 Å². The van der Waals surface area contributed by atoms with Gasteiger partial charge in [0, 0.05) is 35.4 Å². The number of ether oxygens (including phenoxy) is 1. The van der Waals surface area contributed by atoms with Gasteiger partial charge in [-0.05, 0) is 30.5 Å². The quantitative estimate of drug-likeness (QED) is 0.584. The SMILES string of the molecule is CC(C)CC1=NN2[C@@H](c3ccc([N+](=O)[O-])cc3)Oc3ccccc3[C@@H]2C1. The summed E-state index contributed by atoms with van der Waals surface area (Å²) in [5, 5.41) is 17.8. The van der Waals surface area contributed by atoms with E-state index in [9.17, 15) is 10.1 Å². The van der Waals surface area contributed by atoms with Crippen molar-refractivity contribution in [1.82, 2.24) is 5.01 Å². The fourth-order valence-electron chi connectivity index (χ4n) is 3.67. The summed E-state index contributed by atoms with van der Waals surface area (Å²) in [6.07, 6.45) is 1.48. The van der Waals surface area contributed by atoms with Crippen LogP contribution in [-0.4, -0.2) is 15.6 Å². The summed E-state index contributed by atoms with van der Waals surface area (Å²) in [5.41, 5.74) is 3.27. The highest BCUT2D eigenvalue weighted by atomic mass is 16.6. The second-order valence-corrected chi connectivity index (χ2v) is 7.22. The van der Waals surface area contributed by atoms with Gasteiger partial charge in [0.05, 0.1) is 11.0 Å². The lowest BCUT2D eigenvalue weighted by Crippen LogP contribution is -2.33. The van der Waals surface area contributed by atoms with E-state index >= 15 is 0 Å². The minimum absolute atomic E-state index is 0.0759. The summed E-state index contributed by atoms with van der Waals surface area (Å²) >= 11 is 0. The number of para-hydroxylation sites is 1. The lowest BCUT2D eigenvalue weighted by Gasteiger charge is -2.38. The molecule has 0 N–H and O–H groups in total. The molecule has 0 radical (unpaired) electrons. The molecule has 6 nitrogen and oxygen atoms in total. The van der Waals surface area contributed by atoms with Crippen molar-refractivity contribution in [3.05, 3.63) is 69.8 Å². The minimum atomic E-state index is -0.391. The molecule has 2 aromatic rings. The summed E-state index contributed by atoms with van der Waals surface area (Å²) in [6.45, 7) is 4.39. The number of nitrogens with zero attached hydrogens (tertiary/aromatic N) is 3. The van der Waals surface area contributed by atoms with Crippen LogP contribution in [0, 0.1) is 16.0 Å². The number of rotatable bonds is 4. The van der Waals surface area contributed by atoms with Gasteiger partial charge in [0.2, 0.25) is 6.23 Å². The third kappa shape index (κ3) is 2.92. The second-order valence-electron chi connectivity index (χ2n) is 7.22. The van der Waals surface area contributed by atoms with Crippen LogP contribution in [0.3, 0.4) is 0 Å². The first-order chi connectivity index (χ1) is 12.5. The van der Waals surface area contributed by atoms with Crippen LogP contribution >= 0.6 is 0 Å². The molecule has 2 aromatic carbocycles. The van der Waals surface area contributed by atoms with Crippen molar-refractivity contribution in [2.24, 2.45) is 11.0 Å². The minimum Gasteiger partial charge on any atom is -0.464 e. The molecule has 0 saturated carbocycles. The van der Waals surface area contributed by atoms with Crippen LogP contribution < -0.4 is 4.74 Å². The molecule has 0 unspecified atom stereocenters. The summed E-state index contributed by atoms with van der Waals surface area (Å²) in [6, 6.07) is 14.7. The van der Waals surface area contributed by atoms with Gasteiger partial charge in [-0.25, -0.2) is 5.01 Å². The number of non-ortho nitro benzene ring substituents is 1. The number of nitro benzene ring substituents is 1. The third-order valence-electron chi connectivity index (χ3n) is 4.80. The van der Waals surface area contributed by atoms with Gasteiger partial charge in [-0.15, -0.1) is 0 Å². The van der Waals surface area contributed by atoms with Crippen molar-refractivity contribution >= 4 is 11.4 Å². The lowest BCUT2D eigenvalue weighted by atomic mass is 9.95. The molecule has 0 fully saturated rings. The Hall–Kier alpha value is -2.89. The predicted molar refractivity (Wildman–Crippen MR) is 99.0 cm³/mol. The number of fused-ring (bicyclic) bond motifs is 3. The summed E-state index contributed by atoms with van der Waals surface area (Å²) in [7, 11) is 0. The van der Waals surface area contributed by atoms with Crippen LogP contribution in [0.5, 0.6) is 5.75 Å². The average molecular weight is 351 g/mol. The van der Waals surface area contributed by atoms with Crippen molar-refractivity contribution in [3.8, 4) is 5.75 Å². The highest BCUT2D eigenvalue weighted by Gasteiger charge is 2.40. The van der Waals surface area contributed by atoms with E-state index in [0.717, 1.165) is 29.7 Å². The number of hydrazone groups is 1. The van der Waals surface area contributed by atoms with Crippen molar-refractivity contribution < 1.29 is 9.66 Å². The molecule has 26 heavy (non-hydrogen) atoms. The molecular weight excluding hydrogens is 330 g/mol. The summed E-state index contributed by atoms with van der Waals surface area (Å²) in [4.78, 5) is 10.5. The highest BCUT2D eigenvalue weighted by Crippen LogP contribution is 2.47. The summed E-state index contributed by atoms with van der Waals surface area (Å²) < 4.78 is 6.23. The van der Waals surface area contributed by atoms with Crippen molar-refractivity contribution in [1.29, 1.82) is 0 Å². The molecule has 4 rings (SSSR count). The monoisotopic (exact) mass is 351 g/mol. The Morgan fingerprint density at radius 1 is 1.23 bits per heavy atom. The van der Waals surface area contributed by atoms with E-state index in [2.05, 4.69) is 19.9 Å². The van der Waals surface area contributed by atoms with Crippen molar-refractivity contribution in [2.45, 2.75) is 39.0 Å². The van der Waals surface area contributed by atoms with E-state index in [1.807, 2.05) is 23.2 Å². The third-order valence-corrected chi connectivity index (χ3v) is 4.80. The van der Waals surface area contributed by atoms with Gasteiger partial charge in [-0.3, -0.25) is 10.1 Å². The molecular formula is C20H21N3O3. The Morgan fingerprint density at radius 2 is 1.96 bits per heavy atom. The van der Waals surface area contributed by atoms with Crippen LogP contribution in [0.4, 0.5) is 5.69 Å². The maximum atomic E-state index is 10.9. The van der Waals surface area contributed by atoms with Crippen molar-refractivity contribution in [3.63, 3.8) is 0 Å². The zero-order valence-corrected chi connectivity index (χ0v) is 14.8. The van der Waals surface area contributed by atoms with E-state index in [4.69, 9.17) is 9.84 Å². The standard InChI is InChI=1S/C20H21N3O3/c1-13(2)11-15-12-18-17-5-3-4-6-19(17)26-20(22(18)21-15)14-7-9-16(10-8-14)23(24)25/h3-10,13,18,20H,11-12H2,1-2H3/t18-,20+/m0/s1. The van der Waals surface area contributed by atoms with Crippen LogP contribution in [0.2, 0.25) is 0 Å². The zero-order chi connectivity index (χ0) is 18.3. The Bertz CT molecular complexity index is 861. The van der Waals surface area contributed by atoms with E-state index in [1.165, 1.54) is 17.8 Å². The van der Waals surface area contributed by atoms with Gasteiger partial charge in [0.25, 0.3) is 5.69 Å². The van der Waals surface area contributed by atoms with Crippen molar-refractivity contribution in [2.75, 3.05) is 0 Å². The average Bonchev–Trinajstić information content (AvgIpc) is 3.04. The second kappa shape index (κ2) is 6.44. The highest BCUT2D eigenvalue weighted by molar-refractivity contribution is 5.86. The molecule has 0 spiro atoms. The van der Waals surface area contributed by atoms with Gasteiger partial charge in [0.15, 0.2) is 0 Å².